The summed E-state index contributed by atoms with van der Waals surface area (Å²) in [5, 5.41) is 4.95. The summed E-state index contributed by atoms with van der Waals surface area (Å²) in [6.45, 7) is 3.81. The number of hydrogen-bond donors (Lipinski definition) is 1. The molecule has 0 saturated heterocycles. The molecule has 0 saturated carbocycles. The van der Waals surface area contributed by atoms with Gasteiger partial charge in [0.1, 0.15) is 0 Å². The Labute approximate surface area is 111 Å². The molecule has 2 rings (SSSR count). The highest BCUT2D eigenvalue weighted by Crippen LogP contribution is 2.31. The van der Waals surface area contributed by atoms with Crippen molar-refractivity contribution in [1.82, 2.24) is 0 Å². The molecule has 0 aliphatic rings. The van der Waals surface area contributed by atoms with Crippen molar-refractivity contribution in [1.29, 1.82) is 0 Å². The average Bonchev–Trinajstić information content (AvgIpc) is 2.81. The Morgan fingerprint density at radius 2 is 1.94 bits per heavy atom. The zero-order valence-electron chi connectivity index (χ0n) is 10.4. The third-order valence-corrected chi connectivity index (χ3v) is 3.29. The van der Waals surface area contributed by atoms with E-state index in [4.69, 9.17) is 0 Å². The molecule has 1 heterocycles. The van der Waals surface area contributed by atoms with Crippen LogP contribution in [0.2, 0.25) is 0 Å². The lowest BCUT2D eigenvalue weighted by Gasteiger charge is -2.08. The second-order valence-corrected chi connectivity index (χ2v) is 5.18. The quantitative estimate of drug-likeness (QED) is 0.815. The molecule has 2 nitrogen and oxygen atoms in total. The summed E-state index contributed by atoms with van der Waals surface area (Å²) in [7, 11) is 0. The van der Waals surface area contributed by atoms with E-state index >= 15 is 0 Å². The Kier molecular flexibility index (Phi) is 3.95. The number of carbonyl (C=O) groups is 1. The van der Waals surface area contributed by atoms with Gasteiger partial charge in [0.25, 0.3) is 0 Å². The molecule has 3 heteroatoms. The molecule has 0 fully saturated rings. The van der Waals surface area contributed by atoms with Crippen LogP contribution < -0.4 is 5.32 Å². The highest BCUT2D eigenvalue weighted by Gasteiger charge is 2.07. The maximum Gasteiger partial charge on any atom is 0.248 e. The number of nitrogens with one attached hydrogen (secondary N) is 1. The number of allylic oxidation sites excluding steroid dienone is 1. The number of para-hydroxylation sites is 1. The Hall–Kier alpha value is -1.87. The van der Waals surface area contributed by atoms with Gasteiger partial charge in [0, 0.05) is 22.2 Å². The minimum atomic E-state index is -0.0843. The average molecular weight is 257 g/mol. The third kappa shape index (κ3) is 3.08. The zero-order chi connectivity index (χ0) is 13.0. The lowest BCUT2D eigenvalue weighted by molar-refractivity contribution is -0.111. The van der Waals surface area contributed by atoms with Gasteiger partial charge in [-0.3, -0.25) is 4.79 Å². The van der Waals surface area contributed by atoms with Crippen molar-refractivity contribution in [2.45, 2.75) is 13.8 Å². The fraction of sp³-hybridized carbons (Fsp3) is 0.133. The van der Waals surface area contributed by atoms with Crippen molar-refractivity contribution in [2.75, 3.05) is 5.32 Å². The summed E-state index contributed by atoms with van der Waals surface area (Å²) in [4.78, 5) is 12.9. The summed E-state index contributed by atoms with van der Waals surface area (Å²) in [5.74, 6) is -0.0843. The van der Waals surface area contributed by atoms with E-state index < -0.39 is 0 Å². The van der Waals surface area contributed by atoms with Crippen LogP contribution in [0.25, 0.3) is 10.4 Å². The lowest BCUT2D eigenvalue weighted by atomic mass is 10.1. The van der Waals surface area contributed by atoms with Gasteiger partial charge in [-0.1, -0.05) is 29.8 Å². The van der Waals surface area contributed by atoms with Gasteiger partial charge in [-0.05, 0) is 31.4 Å². The van der Waals surface area contributed by atoms with Crippen molar-refractivity contribution < 1.29 is 4.79 Å². The molecule has 0 radical (unpaired) electrons. The van der Waals surface area contributed by atoms with Gasteiger partial charge >= 0.3 is 0 Å². The van der Waals surface area contributed by atoms with Crippen LogP contribution in [0.5, 0.6) is 0 Å². The Balaban J connectivity index is 2.29. The molecule has 1 amide bonds. The predicted molar refractivity (Wildman–Crippen MR) is 77.8 cm³/mol. The number of thiophene rings is 1. The first-order valence-electron chi connectivity index (χ1n) is 5.75. The van der Waals surface area contributed by atoms with Crippen LogP contribution in [0.4, 0.5) is 5.69 Å². The summed E-state index contributed by atoms with van der Waals surface area (Å²) in [5.41, 5.74) is 2.89. The topological polar surface area (TPSA) is 29.1 Å². The summed E-state index contributed by atoms with van der Waals surface area (Å²) in [6, 6.07) is 11.9. The fourth-order valence-electron chi connectivity index (χ4n) is 1.67. The fourth-order valence-corrected chi connectivity index (χ4v) is 2.44. The Morgan fingerprint density at radius 3 is 2.61 bits per heavy atom. The second kappa shape index (κ2) is 5.65. The third-order valence-electron chi connectivity index (χ3n) is 2.39. The summed E-state index contributed by atoms with van der Waals surface area (Å²) in [6.07, 6.45) is 1.60. The van der Waals surface area contributed by atoms with Crippen molar-refractivity contribution in [3.8, 4) is 10.4 Å². The van der Waals surface area contributed by atoms with Crippen molar-refractivity contribution in [2.24, 2.45) is 0 Å². The van der Waals surface area contributed by atoms with Gasteiger partial charge in [0.2, 0.25) is 5.91 Å². The molecule has 2 aromatic rings. The standard InChI is InChI=1S/C15H15NOS/c1-11(2)10-15(17)16-13-7-4-3-6-12(13)14-8-5-9-18-14/h3-10H,1-2H3,(H,16,17). The number of anilines is 1. The zero-order valence-corrected chi connectivity index (χ0v) is 11.3. The van der Waals surface area contributed by atoms with Gasteiger partial charge < -0.3 is 5.32 Å². The molecular formula is C15H15NOS. The first kappa shape index (κ1) is 12.6. The molecule has 1 N–H and O–H groups in total. The molecule has 92 valence electrons. The van der Waals surface area contributed by atoms with Crippen LogP contribution >= 0.6 is 11.3 Å². The van der Waals surface area contributed by atoms with E-state index in [0.717, 1.165) is 21.7 Å². The van der Waals surface area contributed by atoms with Gasteiger partial charge in [-0.2, -0.15) is 0 Å². The van der Waals surface area contributed by atoms with Gasteiger partial charge in [-0.25, -0.2) is 0 Å². The lowest BCUT2D eigenvalue weighted by Crippen LogP contribution is -2.09. The number of amides is 1. The van der Waals surface area contributed by atoms with Crippen molar-refractivity contribution in [3.05, 3.63) is 53.4 Å². The molecule has 1 aromatic carbocycles. The van der Waals surface area contributed by atoms with E-state index in [2.05, 4.69) is 11.4 Å². The van der Waals surface area contributed by atoms with Crippen molar-refractivity contribution in [3.63, 3.8) is 0 Å². The van der Waals surface area contributed by atoms with Crippen molar-refractivity contribution >= 4 is 22.9 Å². The maximum absolute atomic E-state index is 11.8. The van der Waals surface area contributed by atoms with Crippen LogP contribution in [0.3, 0.4) is 0 Å². The van der Waals surface area contributed by atoms with Crippen LogP contribution in [-0.4, -0.2) is 5.91 Å². The molecule has 1 aromatic heterocycles. The summed E-state index contributed by atoms with van der Waals surface area (Å²) >= 11 is 1.66. The molecular weight excluding hydrogens is 242 g/mol. The van der Waals surface area contributed by atoms with E-state index in [1.165, 1.54) is 0 Å². The van der Waals surface area contributed by atoms with Gasteiger partial charge in [0.05, 0.1) is 0 Å². The number of carbonyl (C=O) groups excluding carboxylic acids is 1. The van der Waals surface area contributed by atoms with E-state index in [1.54, 1.807) is 17.4 Å². The molecule has 18 heavy (non-hydrogen) atoms. The van der Waals surface area contributed by atoms with Crippen LogP contribution in [0.15, 0.2) is 53.4 Å². The monoisotopic (exact) mass is 257 g/mol. The molecule has 0 bridgehead atoms. The minimum absolute atomic E-state index is 0.0843. The van der Waals surface area contributed by atoms with E-state index in [-0.39, 0.29) is 5.91 Å². The smallest absolute Gasteiger partial charge is 0.248 e. The largest absolute Gasteiger partial charge is 0.322 e. The van der Waals surface area contributed by atoms with E-state index in [9.17, 15) is 4.79 Å². The Bertz CT molecular complexity index is 566. The number of rotatable bonds is 3. The van der Waals surface area contributed by atoms with Crippen LogP contribution in [0.1, 0.15) is 13.8 Å². The first-order valence-corrected chi connectivity index (χ1v) is 6.63. The number of hydrogen-bond acceptors (Lipinski definition) is 2. The van der Waals surface area contributed by atoms with Gasteiger partial charge in [0.15, 0.2) is 0 Å². The molecule has 0 unspecified atom stereocenters. The molecule has 0 atom stereocenters. The predicted octanol–water partition coefficient (Wildman–Crippen LogP) is 4.32. The van der Waals surface area contributed by atoms with E-state index in [0.29, 0.717) is 0 Å². The Morgan fingerprint density at radius 1 is 1.17 bits per heavy atom. The molecule has 0 aliphatic heterocycles. The first-order chi connectivity index (χ1) is 8.66. The normalized spacial score (nSPS) is 9.89. The highest BCUT2D eigenvalue weighted by atomic mass is 32.1. The number of benzene rings is 1. The molecule has 0 spiro atoms. The van der Waals surface area contributed by atoms with E-state index in [1.807, 2.05) is 49.6 Å². The van der Waals surface area contributed by atoms with Crippen LogP contribution in [-0.2, 0) is 4.79 Å². The SMILES string of the molecule is CC(C)=CC(=O)Nc1ccccc1-c1cccs1. The maximum atomic E-state index is 11.8. The summed E-state index contributed by atoms with van der Waals surface area (Å²) < 4.78 is 0. The minimum Gasteiger partial charge on any atom is -0.322 e. The van der Waals surface area contributed by atoms with Gasteiger partial charge in [-0.15, -0.1) is 11.3 Å². The molecule has 0 aliphatic carbocycles. The van der Waals surface area contributed by atoms with Crippen LogP contribution in [0, 0.1) is 0 Å². The highest BCUT2D eigenvalue weighted by molar-refractivity contribution is 7.13. The second-order valence-electron chi connectivity index (χ2n) is 4.23.